The largest absolute Gasteiger partial charge is 0.438 e. The third kappa shape index (κ3) is 3.66. The monoisotopic (exact) mass is 316 g/mol. The Morgan fingerprint density at radius 2 is 1.57 bits per heavy atom. The first-order chi connectivity index (χ1) is 11.0. The molecule has 0 spiro atoms. The topological polar surface area (TPSA) is 35.0 Å². The van der Waals surface area contributed by atoms with Crippen molar-refractivity contribution in [2.45, 2.75) is 6.18 Å². The molecule has 2 aromatic carbocycles. The number of hydrogen-bond acceptors (Lipinski definition) is 3. The fourth-order valence-electron chi connectivity index (χ4n) is 1.99. The SMILES string of the molecule is FC(F)(F)c1cccc(-c2ccc(Oc3ccccc3)nn2)c1. The minimum atomic E-state index is -4.39. The molecule has 6 heteroatoms. The van der Waals surface area contributed by atoms with Crippen LogP contribution < -0.4 is 4.74 Å². The molecule has 0 aliphatic rings. The Hall–Kier alpha value is -2.89. The first-order valence-electron chi connectivity index (χ1n) is 6.77. The molecule has 0 amide bonds. The molecule has 0 atom stereocenters. The van der Waals surface area contributed by atoms with E-state index in [0.717, 1.165) is 12.1 Å². The van der Waals surface area contributed by atoms with E-state index in [0.29, 0.717) is 17.0 Å². The van der Waals surface area contributed by atoms with Gasteiger partial charge in [0.1, 0.15) is 5.75 Å². The fourth-order valence-corrected chi connectivity index (χ4v) is 1.99. The summed E-state index contributed by atoms with van der Waals surface area (Å²) in [5.41, 5.74) is -0.0310. The molecular formula is C17H11F3N2O. The van der Waals surface area contributed by atoms with Crippen molar-refractivity contribution in [1.29, 1.82) is 0 Å². The summed E-state index contributed by atoms with van der Waals surface area (Å²) >= 11 is 0. The zero-order valence-corrected chi connectivity index (χ0v) is 11.8. The molecule has 0 N–H and O–H groups in total. The van der Waals surface area contributed by atoms with Gasteiger partial charge in [0.25, 0.3) is 0 Å². The maximum Gasteiger partial charge on any atom is 0.416 e. The zero-order chi connectivity index (χ0) is 16.3. The van der Waals surface area contributed by atoms with E-state index in [2.05, 4.69) is 10.2 Å². The van der Waals surface area contributed by atoms with Crippen LogP contribution in [0.1, 0.15) is 5.56 Å². The van der Waals surface area contributed by atoms with E-state index < -0.39 is 11.7 Å². The zero-order valence-electron chi connectivity index (χ0n) is 11.8. The van der Waals surface area contributed by atoms with Gasteiger partial charge in [-0.2, -0.15) is 13.2 Å². The van der Waals surface area contributed by atoms with Crippen LogP contribution in [0.4, 0.5) is 13.2 Å². The van der Waals surface area contributed by atoms with Crippen LogP contribution in [0.2, 0.25) is 0 Å². The number of ether oxygens (including phenoxy) is 1. The Bertz CT molecular complexity index is 787. The van der Waals surface area contributed by atoms with Crippen LogP contribution in [0.15, 0.2) is 66.7 Å². The second kappa shape index (κ2) is 6.08. The van der Waals surface area contributed by atoms with E-state index in [1.165, 1.54) is 6.07 Å². The van der Waals surface area contributed by atoms with Crippen LogP contribution in [-0.4, -0.2) is 10.2 Å². The summed E-state index contributed by atoms with van der Waals surface area (Å²) in [6.45, 7) is 0. The maximum atomic E-state index is 12.7. The Balaban J connectivity index is 1.82. The van der Waals surface area contributed by atoms with Crippen LogP contribution in [-0.2, 0) is 6.18 Å². The second-order valence-electron chi connectivity index (χ2n) is 4.75. The minimum absolute atomic E-state index is 0.270. The summed E-state index contributed by atoms with van der Waals surface area (Å²) in [5, 5.41) is 7.81. The van der Waals surface area contributed by atoms with Gasteiger partial charge in [-0.3, -0.25) is 0 Å². The third-order valence-electron chi connectivity index (χ3n) is 3.09. The highest BCUT2D eigenvalue weighted by molar-refractivity contribution is 5.60. The summed E-state index contributed by atoms with van der Waals surface area (Å²) in [7, 11) is 0. The number of rotatable bonds is 3. The number of benzene rings is 2. The van der Waals surface area contributed by atoms with Gasteiger partial charge in [-0.1, -0.05) is 30.3 Å². The highest BCUT2D eigenvalue weighted by Gasteiger charge is 2.30. The van der Waals surface area contributed by atoms with Crippen LogP contribution in [0.25, 0.3) is 11.3 Å². The lowest BCUT2D eigenvalue weighted by atomic mass is 10.1. The van der Waals surface area contributed by atoms with Gasteiger partial charge in [0.2, 0.25) is 5.88 Å². The Morgan fingerprint density at radius 3 is 2.22 bits per heavy atom. The molecule has 1 heterocycles. The van der Waals surface area contributed by atoms with Crippen molar-refractivity contribution in [1.82, 2.24) is 10.2 Å². The molecule has 0 aliphatic heterocycles. The Morgan fingerprint density at radius 1 is 0.783 bits per heavy atom. The molecular weight excluding hydrogens is 305 g/mol. The highest BCUT2D eigenvalue weighted by atomic mass is 19.4. The molecule has 1 aromatic heterocycles. The van der Waals surface area contributed by atoms with E-state index in [1.807, 2.05) is 18.2 Å². The lowest BCUT2D eigenvalue weighted by molar-refractivity contribution is -0.137. The average Bonchev–Trinajstić information content (AvgIpc) is 2.56. The van der Waals surface area contributed by atoms with Crippen LogP contribution in [0.5, 0.6) is 11.6 Å². The Labute approximate surface area is 130 Å². The van der Waals surface area contributed by atoms with Crippen molar-refractivity contribution >= 4 is 0 Å². The molecule has 3 nitrogen and oxygen atoms in total. The lowest BCUT2D eigenvalue weighted by Gasteiger charge is -2.08. The third-order valence-corrected chi connectivity index (χ3v) is 3.09. The van der Waals surface area contributed by atoms with Crippen molar-refractivity contribution in [3.63, 3.8) is 0 Å². The van der Waals surface area contributed by atoms with Gasteiger partial charge < -0.3 is 4.74 Å². The van der Waals surface area contributed by atoms with Crippen LogP contribution in [0, 0.1) is 0 Å². The summed E-state index contributed by atoms with van der Waals surface area (Å²) < 4.78 is 43.7. The predicted molar refractivity (Wildman–Crippen MR) is 79.0 cm³/mol. The number of para-hydroxylation sites is 1. The minimum Gasteiger partial charge on any atom is -0.438 e. The molecule has 0 unspecified atom stereocenters. The number of nitrogens with zero attached hydrogens (tertiary/aromatic N) is 2. The van der Waals surface area contributed by atoms with E-state index in [9.17, 15) is 13.2 Å². The fraction of sp³-hybridized carbons (Fsp3) is 0.0588. The normalized spacial score (nSPS) is 11.3. The summed E-state index contributed by atoms with van der Waals surface area (Å²) in [6, 6.07) is 17.1. The number of alkyl halides is 3. The van der Waals surface area contributed by atoms with Crippen molar-refractivity contribution < 1.29 is 17.9 Å². The summed E-state index contributed by atoms with van der Waals surface area (Å²) in [5.74, 6) is 0.876. The van der Waals surface area contributed by atoms with Gasteiger partial charge in [-0.05, 0) is 30.3 Å². The van der Waals surface area contributed by atoms with E-state index in [1.54, 1.807) is 30.3 Å². The molecule has 3 rings (SSSR count). The van der Waals surface area contributed by atoms with Gasteiger partial charge >= 0.3 is 6.18 Å². The van der Waals surface area contributed by atoms with E-state index >= 15 is 0 Å². The van der Waals surface area contributed by atoms with Gasteiger partial charge in [0.15, 0.2) is 0 Å². The molecule has 0 radical (unpaired) electrons. The number of aromatic nitrogens is 2. The molecule has 23 heavy (non-hydrogen) atoms. The average molecular weight is 316 g/mol. The number of hydrogen-bond donors (Lipinski definition) is 0. The van der Waals surface area contributed by atoms with Gasteiger partial charge in [0.05, 0.1) is 11.3 Å². The first-order valence-corrected chi connectivity index (χ1v) is 6.77. The van der Waals surface area contributed by atoms with Crippen LogP contribution >= 0.6 is 0 Å². The molecule has 0 fully saturated rings. The van der Waals surface area contributed by atoms with E-state index in [4.69, 9.17) is 4.74 Å². The number of halogens is 3. The first kappa shape index (κ1) is 15.0. The molecule has 0 bridgehead atoms. The molecule has 0 saturated carbocycles. The van der Waals surface area contributed by atoms with Gasteiger partial charge in [-0.15, -0.1) is 10.2 Å². The van der Waals surface area contributed by atoms with Crippen molar-refractivity contribution in [3.05, 3.63) is 72.3 Å². The maximum absolute atomic E-state index is 12.7. The molecule has 0 saturated heterocycles. The smallest absolute Gasteiger partial charge is 0.416 e. The predicted octanol–water partition coefficient (Wildman–Crippen LogP) is 4.95. The van der Waals surface area contributed by atoms with Crippen molar-refractivity contribution in [2.75, 3.05) is 0 Å². The van der Waals surface area contributed by atoms with Gasteiger partial charge in [-0.25, -0.2) is 0 Å². The Kier molecular flexibility index (Phi) is 3.97. The summed E-state index contributed by atoms with van der Waals surface area (Å²) in [4.78, 5) is 0. The summed E-state index contributed by atoms with van der Waals surface area (Å²) in [6.07, 6.45) is -4.39. The molecule has 116 valence electrons. The van der Waals surface area contributed by atoms with Crippen LogP contribution in [0.3, 0.4) is 0 Å². The van der Waals surface area contributed by atoms with Gasteiger partial charge in [0, 0.05) is 11.6 Å². The quantitative estimate of drug-likeness (QED) is 0.685. The van der Waals surface area contributed by atoms with Crippen molar-refractivity contribution in [2.24, 2.45) is 0 Å². The van der Waals surface area contributed by atoms with Crippen molar-refractivity contribution in [3.8, 4) is 22.9 Å². The second-order valence-corrected chi connectivity index (χ2v) is 4.75. The lowest BCUT2D eigenvalue weighted by Crippen LogP contribution is -2.04. The standard InChI is InChI=1S/C17H11F3N2O/c18-17(19,20)13-6-4-5-12(11-13)15-9-10-16(22-21-15)23-14-7-2-1-3-8-14/h1-11H. The molecule has 0 aliphatic carbocycles. The van der Waals surface area contributed by atoms with E-state index in [-0.39, 0.29) is 5.88 Å². The highest BCUT2D eigenvalue weighted by Crippen LogP contribution is 2.31. The molecule has 3 aromatic rings.